The van der Waals surface area contributed by atoms with Crippen LogP contribution in [0.4, 0.5) is 0 Å². The van der Waals surface area contributed by atoms with Crippen LogP contribution >= 0.6 is 0 Å². The standard InChI is InChI=1S/C11H15N3O/c1-13-10(15)8-4-2-3-5-9(8)14-7-6-12-11(13)14/h2-7H2,1H3. The summed E-state index contributed by atoms with van der Waals surface area (Å²) in [5.41, 5.74) is 2.28. The first kappa shape index (κ1) is 8.95. The number of guanidine groups is 1. The molecule has 2 aliphatic heterocycles. The molecule has 1 amide bonds. The van der Waals surface area contributed by atoms with Crippen molar-refractivity contribution in [3.8, 4) is 0 Å². The number of carbonyl (C=O) groups is 1. The molecule has 1 aliphatic carbocycles. The fourth-order valence-electron chi connectivity index (χ4n) is 2.69. The van der Waals surface area contributed by atoms with E-state index in [1.165, 1.54) is 12.1 Å². The van der Waals surface area contributed by atoms with Gasteiger partial charge in [-0.1, -0.05) is 0 Å². The van der Waals surface area contributed by atoms with Gasteiger partial charge in [-0.2, -0.15) is 0 Å². The molecule has 80 valence electrons. The molecule has 0 aromatic carbocycles. The third-order valence-electron chi connectivity index (χ3n) is 3.45. The van der Waals surface area contributed by atoms with E-state index >= 15 is 0 Å². The number of rotatable bonds is 0. The van der Waals surface area contributed by atoms with E-state index in [1.54, 1.807) is 4.90 Å². The quantitative estimate of drug-likeness (QED) is 0.590. The highest BCUT2D eigenvalue weighted by Crippen LogP contribution is 2.33. The summed E-state index contributed by atoms with van der Waals surface area (Å²) in [5, 5.41) is 0. The van der Waals surface area contributed by atoms with Gasteiger partial charge in [0.25, 0.3) is 5.91 Å². The highest BCUT2D eigenvalue weighted by molar-refractivity contribution is 6.09. The van der Waals surface area contributed by atoms with Gasteiger partial charge >= 0.3 is 0 Å². The molecular weight excluding hydrogens is 190 g/mol. The topological polar surface area (TPSA) is 35.9 Å². The number of hydrogen-bond acceptors (Lipinski definition) is 3. The molecule has 3 rings (SSSR count). The summed E-state index contributed by atoms with van der Waals surface area (Å²) >= 11 is 0. The number of nitrogens with zero attached hydrogens (tertiary/aromatic N) is 3. The first-order chi connectivity index (χ1) is 7.29. The molecule has 0 atom stereocenters. The van der Waals surface area contributed by atoms with Gasteiger partial charge in [0.15, 0.2) is 0 Å². The Morgan fingerprint density at radius 2 is 2.07 bits per heavy atom. The van der Waals surface area contributed by atoms with E-state index in [-0.39, 0.29) is 5.91 Å². The Morgan fingerprint density at radius 1 is 1.27 bits per heavy atom. The fourth-order valence-corrected chi connectivity index (χ4v) is 2.69. The van der Waals surface area contributed by atoms with Gasteiger partial charge < -0.3 is 4.90 Å². The predicted molar refractivity (Wildman–Crippen MR) is 57.3 cm³/mol. The molecule has 0 bridgehead atoms. The second-order valence-corrected chi connectivity index (χ2v) is 4.33. The van der Waals surface area contributed by atoms with E-state index in [2.05, 4.69) is 9.89 Å². The molecule has 15 heavy (non-hydrogen) atoms. The summed E-state index contributed by atoms with van der Waals surface area (Å²) in [6.45, 7) is 1.77. The maximum atomic E-state index is 12.1. The highest BCUT2D eigenvalue weighted by atomic mass is 16.2. The maximum Gasteiger partial charge on any atom is 0.258 e. The van der Waals surface area contributed by atoms with E-state index in [9.17, 15) is 4.79 Å². The van der Waals surface area contributed by atoms with Crippen molar-refractivity contribution in [1.29, 1.82) is 0 Å². The van der Waals surface area contributed by atoms with Gasteiger partial charge in [-0.25, -0.2) is 0 Å². The fraction of sp³-hybridized carbons (Fsp3) is 0.636. The largest absolute Gasteiger partial charge is 0.314 e. The monoisotopic (exact) mass is 205 g/mol. The van der Waals surface area contributed by atoms with Gasteiger partial charge in [-0.15, -0.1) is 0 Å². The summed E-state index contributed by atoms with van der Waals surface area (Å²) in [6, 6.07) is 0. The number of fused-ring (bicyclic) bond motifs is 2. The van der Waals surface area contributed by atoms with Crippen LogP contribution in [-0.2, 0) is 4.79 Å². The zero-order valence-corrected chi connectivity index (χ0v) is 8.99. The summed E-state index contributed by atoms with van der Waals surface area (Å²) in [4.78, 5) is 20.4. The van der Waals surface area contributed by atoms with Crippen molar-refractivity contribution in [2.75, 3.05) is 20.1 Å². The molecule has 0 fully saturated rings. The number of aliphatic imine (C=N–C) groups is 1. The predicted octanol–water partition coefficient (Wildman–Crippen LogP) is 0.958. The van der Waals surface area contributed by atoms with E-state index in [4.69, 9.17) is 0 Å². The lowest BCUT2D eigenvalue weighted by atomic mass is 9.93. The molecule has 4 nitrogen and oxygen atoms in total. The second kappa shape index (κ2) is 3.08. The minimum absolute atomic E-state index is 0.168. The Labute approximate surface area is 89.3 Å². The van der Waals surface area contributed by atoms with Gasteiger partial charge in [0.1, 0.15) is 0 Å². The molecule has 0 saturated heterocycles. The minimum Gasteiger partial charge on any atom is -0.314 e. The number of likely N-dealkylation sites (N-methyl/N-ethyl adjacent to an activating group) is 1. The molecule has 0 aromatic heterocycles. The van der Waals surface area contributed by atoms with Crippen LogP contribution < -0.4 is 0 Å². The van der Waals surface area contributed by atoms with E-state index < -0.39 is 0 Å². The third kappa shape index (κ3) is 1.14. The number of carbonyl (C=O) groups excluding carboxylic acids is 1. The zero-order valence-electron chi connectivity index (χ0n) is 8.99. The molecule has 2 heterocycles. The van der Waals surface area contributed by atoms with E-state index in [0.29, 0.717) is 0 Å². The second-order valence-electron chi connectivity index (χ2n) is 4.33. The van der Waals surface area contributed by atoms with Gasteiger partial charge in [0, 0.05) is 24.9 Å². The van der Waals surface area contributed by atoms with Gasteiger partial charge in [0.05, 0.1) is 6.54 Å². The molecule has 0 aromatic rings. The van der Waals surface area contributed by atoms with Crippen LogP contribution in [0.1, 0.15) is 25.7 Å². The first-order valence-corrected chi connectivity index (χ1v) is 5.61. The van der Waals surface area contributed by atoms with Crippen LogP contribution in [0.3, 0.4) is 0 Å². The first-order valence-electron chi connectivity index (χ1n) is 5.61. The van der Waals surface area contributed by atoms with Crippen LogP contribution in [-0.4, -0.2) is 41.8 Å². The Kier molecular flexibility index (Phi) is 1.84. The smallest absolute Gasteiger partial charge is 0.258 e. The van der Waals surface area contributed by atoms with Crippen molar-refractivity contribution >= 4 is 11.9 Å². The summed E-state index contributed by atoms with van der Waals surface area (Å²) in [5.74, 6) is 1.03. The average Bonchev–Trinajstić information content (AvgIpc) is 2.75. The Bertz CT molecular complexity index is 383. The zero-order chi connectivity index (χ0) is 10.4. The summed E-state index contributed by atoms with van der Waals surface area (Å²) < 4.78 is 0. The number of amides is 1. The molecular formula is C11H15N3O. The number of allylic oxidation sites excluding steroid dienone is 1. The van der Waals surface area contributed by atoms with Crippen molar-refractivity contribution in [3.63, 3.8) is 0 Å². The number of hydrogen-bond donors (Lipinski definition) is 0. The lowest BCUT2D eigenvalue weighted by Gasteiger charge is -2.37. The lowest BCUT2D eigenvalue weighted by Crippen LogP contribution is -2.49. The average molecular weight is 205 g/mol. The van der Waals surface area contributed by atoms with Crippen LogP contribution in [0.15, 0.2) is 16.3 Å². The van der Waals surface area contributed by atoms with Crippen molar-refractivity contribution in [1.82, 2.24) is 9.80 Å². The molecule has 0 spiro atoms. The minimum atomic E-state index is 0.168. The van der Waals surface area contributed by atoms with Crippen molar-refractivity contribution in [2.45, 2.75) is 25.7 Å². The van der Waals surface area contributed by atoms with Crippen LogP contribution in [0.2, 0.25) is 0 Å². The van der Waals surface area contributed by atoms with Crippen LogP contribution in [0.5, 0.6) is 0 Å². The maximum absolute atomic E-state index is 12.1. The van der Waals surface area contributed by atoms with Gasteiger partial charge in [0.2, 0.25) is 5.96 Å². The van der Waals surface area contributed by atoms with Gasteiger partial charge in [-0.05, 0) is 25.7 Å². The molecule has 0 N–H and O–H groups in total. The van der Waals surface area contributed by atoms with Crippen molar-refractivity contribution in [3.05, 3.63) is 11.3 Å². The Hall–Kier alpha value is -1.32. The molecule has 0 radical (unpaired) electrons. The Morgan fingerprint density at radius 3 is 2.93 bits per heavy atom. The molecule has 4 heteroatoms. The highest BCUT2D eigenvalue weighted by Gasteiger charge is 2.37. The van der Waals surface area contributed by atoms with E-state index in [1.807, 2.05) is 7.05 Å². The van der Waals surface area contributed by atoms with E-state index in [0.717, 1.165) is 43.9 Å². The van der Waals surface area contributed by atoms with Crippen molar-refractivity contribution in [2.24, 2.45) is 4.99 Å². The van der Waals surface area contributed by atoms with Gasteiger partial charge in [-0.3, -0.25) is 14.7 Å². The summed E-state index contributed by atoms with van der Waals surface area (Å²) in [6.07, 6.45) is 4.36. The Balaban J connectivity index is 2.09. The van der Waals surface area contributed by atoms with Crippen LogP contribution in [0, 0.1) is 0 Å². The SMILES string of the molecule is CN1C(=O)C2=C(CCCC2)N2CCN=C12. The van der Waals surface area contributed by atoms with Crippen molar-refractivity contribution < 1.29 is 4.79 Å². The normalized spacial score (nSPS) is 25.4. The lowest BCUT2D eigenvalue weighted by molar-refractivity contribution is -0.123. The van der Waals surface area contributed by atoms with Crippen LogP contribution in [0.25, 0.3) is 0 Å². The molecule has 0 saturated carbocycles. The third-order valence-corrected chi connectivity index (χ3v) is 3.45. The summed E-state index contributed by atoms with van der Waals surface area (Å²) in [7, 11) is 1.83. The molecule has 3 aliphatic rings. The molecule has 0 unspecified atom stereocenters.